The summed E-state index contributed by atoms with van der Waals surface area (Å²) in [6, 6.07) is 61.7. The first kappa shape index (κ1) is 29.5. The molecule has 0 radical (unpaired) electrons. The molecule has 0 saturated carbocycles. The second-order valence-electron chi connectivity index (χ2n) is 12.5. The van der Waals surface area contributed by atoms with Crippen molar-refractivity contribution in [1.82, 2.24) is 10.3 Å². The van der Waals surface area contributed by atoms with Gasteiger partial charge in [0.15, 0.2) is 6.17 Å². The molecule has 4 heteroatoms. The number of para-hydroxylation sites is 1. The lowest BCUT2D eigenvalue weighted by Gasteiger charge is -2.22. The molecular weight excluding hydrogens is 609 g/mol. The number of nitrogens with zero attached hydrogens (tertiary/aromatic N) is 3. The third-order valence-electron chi connectivity index (χ3n) is 9.40. The highest BCUT2D eigenvalue weighted by atomic mass is 15.2. The number of aliphatic imine (C=N–C) groups is 2. The molecule has 236 valence electrons. The first-order valence-electron chi connectivity index (χ1n) is 16.9. The SMILES string of the molecule is c1ccc(C2=NC(c3ccc(-c4c(-c5ccc(-c6cccc7cccnc67)cc5)ccc5ccccc45)cc3)N=C(c3ccccc3)N2)cc1. The molecule has 1 aliphatic rings. The molecule has 9 rings (SSSR count). The summed E-state index contributed by atoms with van der Waals surface area (Å²) in [5.41, 5.74) is 11.1. The second kappa shape index (κ2) is 12.8. The molecule has 8 aromatic rings. The first-order chi connectivity index (χ1) is 24.8. The maximum Gasteiger partial charge on any atom is 0.169 e. The lowest BCUT2D eigenvalue weighted by molar-refractivity contribution is 0.756. The fourth-order valence-electron chi connectivity index (χ4n) is 6.90. The molecule has 0 bridgehead atoms. The average molecular weight is 641 g/mol. The van der Waals surface area contributed by atoms with Crippen LogP contribution in [-0.2, 0) is 0 Å². The largest absolute Gasteiger partial charge is 0.324 e. The van der Waals surface area contributed by atoms with Crippen LogP contribution in [0.4, 0.5) is 0 Å². The molecule has 0 aliphatic carbocycles. The molecular formula is C46H32N4. The molecule has 0 atom stereocenters. The number of fused-ring (bicyclic) bond motifs is 2. The van der Waals surface area contributed by atoms with Crippen LogP contribution in [0.25, 0.3) is 55.1 Å². The molecule has 1 aliphatic heterocycles. The van der Waals surface area contributed by atoms with Gasteiger partial charge >= 0.3 is 0 Å². The molecule has 0 spiro atoms. The number of benzene rings is 7. The molecule has 0 fully saturated rings. The minimum atomic E-state index is -0.376. The summed E-state index contributed by atoms with van der Waals surface area (Å²) in [6.45, 7) is 0. The number of rotatable bonds is 6. The van der Waals surface area contributed by atoms with Gasteiger partial charge in [-0.25, -0.2) is 9.98 Å². The summed E-state index contributed by atoms with van der Waals surface area (Å²) in [6.07, 6.45) is 1.49. The topological polar surface area (TPSA) is 49.6 Å². The summed E-state index contributed by atoms with van der Waals surface area (Å²) in [5.74, 6) is 1.63. The Morgan fingerprint density at radius 3 is 1.68 bits per heavy atom. The van der Waals surface area contributed by atoms with Gasteiger partial charge in [0.2, 0.25) is 0 Å². The number of hydrogen-bond acceptors (Lipinski definition) is 4. The quantitative estimate of drug-likeness (QED) is 0.197. The summed E-state index contributed by atoms with van der Waals surface area (Å²) >= 11 is 0. The third kappa shape index (κ3) is 5.53. The normalized spacial score (nSPS) is 13.1. The minimum absolute atomic E-state index is 0.376. The number of pyridine rings is 1. The minimum Gasteiger partial charge on any atom is -0.324 e. The number of hydrogen-bond donors (Lipinski definition) is 1. The zero-order valence-electron chi connectivity index (χ0n) is 27.2. The van der Waals surface area contributed by atoms with E-state index in [-0.39, 0.29) is 6.17 Å². The Labute approximate surface area is 291 Å². The first-order valence-corrected chi connectivity index (χ1v) is 16.9. The Hall–Kier alpha value is -6.65. The van der Waals surface area contributed by atoms with Gasteiger partial charge in [-0.15, -0.1) is 0 Å². The molecule has 7 aromatic carbocycles. The third-order valence-corrected chi connectivity index (χ3v) is 9.40. The van der Waals surface area contributed by atoms with Crippen molar-refractivity contribution in [2.24, 2.45) is 9.98 Å². The molecule has 2 heterocycles. The molecule has 0 amide bonds. The van der Waals surface area contributed by atoms with Crippen LogP contribution in [0.5, 0.6) is 0 Å². The predicted octanol–water partition coefficient (Wildman–Crippen LogP) is 10.9. The van der Waals surface area contributed by atoms with Crippen molar-refractivity contribution < 1.29 is 0 Å². The van der Waals surface area contributed by atoms with E-state index in [1.807, 2.05) is 48.7 Å². The predicted molar refractivity (Wildman–Crippen MR) is 207 cm³/mol. The van der Waals surface area contributed by atoms with Gasteiger partial charge < -0.3 is 5.32 Å². The van der Waals surface area contributed by atoms with Crippen molar-refractivity contribution in [2.45, 2.75) is 6.17 Å². The van der Waals surface area contributed by atoms with Crippen LogP contribution in [0.1, 0.15) is 22.9 Å². The maximum atomic E-state index is 5.08. The molecule has 50 heavy (non-hydrogen) atoms. The maximum absolute atomic E-state index is 5.08. The fourth-order valence-corrected chi connectivity index (χ4v) is 6.90. The average Bonchev–Trinajstić information content (AvgIpc) is 3.21. The molecule has 0 saturated heterocycles. The van der Waals surface area contributed by atoms with Crippen LogP contribution < -0.4 is 5.32 Å². The zero-order valence-corrected chi connectivity index (χ0v) is 27.2. The number of amidine groups is 2. The van der Waals surface area contributed by atoms with Crippen molar-refractivity contribution in [2.75, 3.05) is 0 Å². The van der Waals surface area contributed by atoms with E-state index in [4.69, 9.17) is 9.98 Å². The van der Waals surface area contributed by atoms with Crippen LogP contribution in [0.15, 0.2) is 192 Å². The number of nitrogens with one attached hydrogen (secondary N) is 1. The summed E-state index contributed by atoms with van der Waals surface area (Å²) in [7, 11) is 0. The van der Waals surface area contributed by atoms with E-state index >= 15 is 0 Å². The molecule has 1 N–H and O–H groups in total. The van der Waals surface area contributed by atoms with E-state index in [0.29, 0.717) is 0 Å². The van der Waals surface area contributed by atoms with Gasteiger partial charge in [0.25, 0.3) is 0 Å². The second-order valence-corrected chi connectivity index (χ2v) is 12.5. The Morgan fingerprint density at radius 2 is 0.980 bits per heavy atom. The lowest BCUT2D eigenvalue weighted by Crippen LogP contribution is -2.35. The highest BCUT2D eigenvalue weighted by Gasteiger charge is 2.21. The highest BCUT2D eigenvalue weighted by Crippen LogP contribution is 2.40. The zero-order chi connectivity index (χ0) is 33.3. The van der Waals surface area contributed by atoms with Gasteiger partial charge in [0.1, 0.15) is 11.7 Å². The number of aromatic nitrogens is 1. The van der Waals surface area contributed by atoms with E-state index in [9.17, 15) is 0 Å². The summed E-state index contributed by atoms with van der Waals surface area (Å²) in [4.78, 5) is 14.8. The van der Waals surface area contributed by atoms with Crippen LogP contribution in [0.2, 0.25) is 0 Å². The van der Waals surface area contributed by atoms with E-state index in [1.165, 1.54) is 27.5 Å². The van der Waals surface area contributed by atoms with Crippen LogP contribution in [-0.4, -0.2) is 16.7 Å². The van der Waals surface area contributed by atoms with Gasteiger partial charge in [0.05, 0.1) is 5.52 Å². The van der Waals surface area contributed by atoms with Crippen LogP contribution in [0, 0.1) is 0 Å². The van der Waals surface area contributed by atoms with Gasteiger partial charge in [-0.2, -0.15) is 0 Å². The Kier molecular flexibility index (Phi) is 7.52. The lowest BCUT2D eigenvalue weighted by atomic mass is 9.88. The van der Waals surface area contributed by atoms with Crippen molar-refractivity contribution in [1.29, 1.82) is 0 Å². The monoisotopic (exact) mass is 640 g/mol. The van der Waals surface area contributed by atoms with Crippen molar-refractivity contribution in [3.05, 3.63) is 199 Å². The Morgan fingerprint density at radius 1 is 0.400 bits per heavy atom. The molecule has 4 nitrogen and oxygen atoms in total. The summed E-state index contributed by atoms with van der Waals surface area (Å²) in [5, 5.41) is 7.06. The van der Waals surface area contributed by atoms with Crippen molar-refractivity contribution in [3.8, 4) is 33.4 Å². The fraction of sp³-hybridized carbons (Fsp3) is 0.0217. The molecule has 1 aromatic heterocycles. The van der Waals surface area contributed by atoms with E-state index in [1.54, 1.807) is 0 Å². The summed E-state index contributed by atoms with van der Waals surface area (Å²) < 4.78 is 0. The van der Waals surface area contributed by atoms with Gasteiger partial charge in [-0.05, 0) is 50.2 Å². The van der Waals surface area contributed by atoms with E-state index in [0.717, 1.165) is 56.0 Å². The van der Waals surface area contributed by atoms with E-state index in [2.05, 4.69) is 144 Å². The van der Waals surface area contributed by atoms with E-state index < -0.39 is 0 Å². The van der Waals surface area contributed by atoms with Crippen LogP contribution >= 0.6 is 0 Å². The van der Waals surface area contributed by atoms with Crippen LogP contribution in [0.3, 0.4) is 0 Å². The van der Waals surface area contributed by atoms with Gasteiger partial charge in [0, 0.05) is 28.3 Å². The molecule has 0 unspecified atom stereocenters. The Balaban J connectivity index is 1.11. The smallest absolute Gasteiger partial charge is 0.169 e. The Bertz CT molecular complexity index is 2480. The van der Waals surface area contributed by atoms with Crippen molar-refractivity contribution in [3.63, 3.8) is 0 Å². The van der Waals surface area contributed by atoms with Gasteiger partial charge in [-0.1, -0.05) is 170 Å². The highest BCUT2D eigenvalue weighted by molar-refractivity contribution is 6.16. The van der Waals surface area contributed by atoms with Crippen molar-refractivity contribution >= 4 is 33.3 Å². The van der Waals surface area contributed by atoms with Gasteiger partial charge in [-0.3, -0.25) is 4.98 Å². The standard InChI is InChI=1S/C46H32N4/c1-3-12-36(13-4-1)44-48-45(37-14-5-2-6-15-37)50-46(49-44)38-26-24-34(25-27-38)42-39-18-8-7-11-31(39)28-29-40(42)32-20-22-33(23-21-32)41-19-9-16-35-17-10-30-47-43(35)41/h1-30,46H,(H,48,49,50).